The SMILES string of the molecule is Cc1cc(NC(=O)c2ccc(Oc3ccccc3)cc2)ccc1Cl. The second kappa shape index (κ2) is 7.20. The van der Waals surface area contributed by atoms with Gasteiger partial charge in [0.1, 0.15) is 11.5 Å². The summed E-state index contributed by atoms with van der Waals surface area (Å²) in [4.78, 5) is 12.3. The smallest absolute Gasteiger partial charge is 0.255 e. The molecule has 3 aromatic rings. The highest BCUT2D eigenvalue weighted by Crippen LogP contribution is 2.22. The average Bonchev–Trinajstić information content (AvgIpc) is 2.60. The molecule has 0 aromatic heterocycles. The molecule has 0 bridgehead atoms. The van der Waals surface area contributed by atoms with Gasteiger partial charge in [-0.3, -0.25) is 4.79 Å². The summed E-state index contributed by atoms with van der Waals surface area (Å²) in [7, 11) is 0. The van der Waals surface area contributed by atoms with Crippen LogP contribution >= 0.6 is 11.6 Å². The standard InChI is InChI=1S/C20H16ClNO2/c1-14-13-16(9-12-19(14)21)22-20(23)15-7-10-18(11-8-15)24-17-5-3-2-4-6-17/h2-13H,1H3,(H,22,23). The molecule has 3 nitrogen and oxygen atoms in total. The van der Waals surface area contributed by atoms with E-state index in [1.54, 1.807) is 36.4 Å². The lowest BCUT2D eigenvalue weighted by Crippen LogP contribution is -2.11. The maximum atomic E-state index is 12.3. The van der Waals surface area contributed by atoms with Gasteiger partial charge in [0.2, 0.25) is 0 Å². The van der Waals surface area contributed by atoms with Gasteiger partial charge in [-0.15, -0.1) is 0 Å². The maximum Gasteiger partial charge on any atom is 0.255 e. The first-order valence-electron chi connectivity index (χ1n) is 7.52. The van der Waals surface area contributed by atoms with E-state index in [-0.39, 0.29) is 5.91 Å². The zero-order chi connectivity index (χ0) is 16.9. The van der Waals surface area contributed by atoms with Gasteiger partial charge >= 0.3 is 0 Å². The summed E-state index contributed by atoms with van der Waals surface area (Å²) in [6.45, 7) is 1.90. The van der Waals surface area contributed by atoms with E-state index >= 15 is 0 Å². The fraction of sp³-hybridized carbons (Fsp3) is 0.0500. The molecular weight excluding hydrogens is 322 g/mol. The third-order valence-electron chi connectivity index (χ3n) is 3.51. The van der Waals surface area contributed by atoms with Crippen LogP contribution in [0.25, 0.3) is 0 Å². The van der Waals surface area contributed by atoms with Gasteiger partial charge in [0.05, 0.1) is 0 Å². The van der Waals surface area contributed by atoms with Gasteiger partial charge in [-0.1, -0.05) is 29.8 Å². The maximum absolute atomic E-state index is 12.3. The van der Waals surface area contributed by atoms with Crippen molar-refractivity contribution in [2.24, 2.45) is 0 Å². The van der Waals surface area contributed by atoms with Crippen molar-refractivity contribution >= 4 is 23.2 Å². The molecule has 0 unspecified atom stereocenters. The molecule has 0 aliphatic rings. The van der Waals surface area contributed by atoms with Crippen LogP contribution in [-0.4, -0.2) is 5.91 Å². The van der Waals surface area contributed by atoms with Gasteiger partial charge < -0.3 is 10.1 Å². The zero-order valence-corrected chi connectivity index (χ0v) is 13.9. The number of benzene rings is 3. The molecule has 0 spiro atoms. The third-order valence-corrected chi connectivity index (χ3v) is 3.94. The monoisotopic (exact) mass is 337 g/mol. The Morgan fingerprint density at radius 2 is 1.58 bits per heavy atom. The van der Waals surface area contributed by atoms with Gasteiger partial charge in [0, 0.05) is 16.3 Å². The van der Waals surface area contributed by atoms with Crippen molar-refractivity contribution in [1.29, 1.82) is 0 Å². The lowest BCUT2D eigenvalue weighted by molar-refractivity contribution is 0.102. The molecule has 0 radical (unpaired) electrons. The average molecular weight is 338 g/mol. The number of ether oxygens (including phenoxy) is 1. The number of carbonyl (C=O) groups excluding carboxylic acids is 1. The Morgan fingerprint density at radius 3 is 2.25 bits per heavy atom. The van der Waals surface area contributed by atoms with E-state index in [1.165, 1.54) is 0 Å². The summed E-state index contributed by atoms with van der Waals surface area (Å²) in [5.41, 5.74) is 2.19. The molecule has 3 rings (SSSR count). The highest BCUT2D eigenvalue weighted by molar-refractivity contribution is 6.31. The molecule has 0 aliphatic carbocycles. The highest BCUT2D eigenvalue weighted by Gasteiger charge is 2.07. The summed E-state index contributed by atoms with van der Waals surface area (Å²) in [5, 5.41) is 3.53. The highest BCUT2D eigenvalue weighted by atomic mass is 35.5. The number of hydrogen-bond donors (Lipinski definition) is 1. The Morgan fingerprint density at radius 1 is 0.917 bits per heavy atom. The Hall–Kier alpha value is -2.78. The molecule has 0 fully saturated rings. The van der Waals surface area contributed by atoms with E-state index in [4.69, 9.17) is 16.3 Å². The van der Waals surface area contributed by atoms with Crippen LogP contribution in [0.1, 0.15) is 15.9 Å². The van der Waals surface area contributed by atoms with Crippen LogP contribution in [0.2, 0.25) is 5.02 Å². The quantitative estimate of drug-likeness (QED) is 0.663. The van der Waals surface area contributed by atoms with Gasteiger partial charge in [0.25, 0.3) is 5.91 Å². The van der Waals surface area contributed by atoms with Gasteiger partial charge in [0.15, 0.2) is 0 Å². The van der Waals surface area contributed by atoms with Crippen molar-refractivity contribution in [2.45, 2.75) is 6.92 Å². The second-order valence-corrected chi connectivity index (χ2v) is 5.76. The van der Waals surface area contributed by atoms with Crippen molar-refractivity contribution in [1.82, 2.24) is 0 Å². The Bertz CT molecular complexity index is 845. The minimum Gasteiger partial charge on any atom is -0.457 e. The minimum absolute atomic E-state index is 0.178. The molecule has 0 saturated heterocycles. The molecule has 0 aliphatic heterocycles. The van der Waals surface area contributed by atoms with Gasteiger partial charge in [-0.05, 0) is 67.1 Å². The minimum atomic E-state index is -0.178. The molecule has 0 saturated carbocycles. The summed E-state index contributed by atoms with van der Waals surface area (Å²) >= 11 is 5.99. The second-order valence-electron chi connectivity index (χ2n) is 5.36. The van der Waals surface area contributed by atoms with Crippen LogP contribution in [0.4, 0.5) is 5.69 Å². The lowest BCUT2D eigenvalue weighted by Gasteiger charge is -2.08. The van der Waals surface area contributed by atoms with Crippen LogP contribution in [0.15, 0.2) is 72.8 Å². The van der Waals surface area contributed by atoms with Gasteiger partial charge in [-0.2, -0.15) is 0 Å². The molecule has 120 valence electrons. The molecular formula is C20H16ClNO2. The topological polar surface area (TPSA) is 38.3 Å². The van der Waals surface area contributed by atoms with E-state index in [0.717, 1.165) is 11.3 Å². The number of para-hydroxylation sites is 1. The molecule has 1 amide bonds. The first kappa shape index (κ1) is 16.1. The number of hydrogen-bond acceptors (Lipinski definition) is 2. The number of rotatable bonds is 4. The summed E-state index contributed by atoms with van der Waals surface area (Å²) in [6, 6.07) is 21.9. The number of anilines is 1. The number of amides is 1. The van der Waals surface area contributed by atoms with Crippen molar-refractivity contribution < 1.29 is 9.53 Å². The lowest BCUT2D eigenvalue weighted by atomic mass is 10.2. The third kappa shape index (κ3) is 3.94. The van der Waals surface area contributed by atoms with Crippen LogP contribution < -0.4 is 10.1 Å². The molecule has 0 heterocycles. The zero-order valence-electron chi connectivity index (χ0n) is 13.1. The Kier molecular flexibility index (Phi) is 4.82. The van der Waals surface area contributed by atoms with Crippen LogP contribution in [0.3, 0.4) is 0 Å². The Labute approximate surface area is 145 Å². The molecule has 24 heavy (non-hydrogen) atoms. The number of nitrogens with one attached hydrogen (secondary N) is 1. The normalized spacial score (nSPS) is 10.2. The fourth-order valence-electron chi connectivity index (χ4n) is 2.22. The van der Waals surface area contributed by atoms with E-state index in [9.17, 15) is 4.79 Å². The predicted molar refractivity (Wildman–Crippen MR) is 97.1 cm³/mol. The van der Waals surface area contributed by atoms with Crippen LogP contribution in [0.5, 0.6) is 11.5 Å². The number of carbonyl (C=O) groups is 1. The number of halogens is 1. The molecule has 0 atom stereocenters. The molecule has 4 heteroatoms. The van der Waals surface area contributed by atoms with Gasteiger partial charge in [-0.25, -0.2) is 0 Å². The summed E-state index contributed by atoms with van der Waals surface area (Å²) < 4.78 is 5.71. The van der Waals surface area contributed by atoms with Crippen LogP contribution in [0, 0.1) is 6.92 Å². The van der Waals surface area contributed by atoms with E-state index < -0.39 is 0 Å². The summed E-state index contributed by atoms with van der Waals surface area (Å²) in [5.74, 6) is 1.26. The van der Waals surface area contributed by atoms with Crippen molar-refractivity contribution in [2.75, 3.05) is 5.32 Å². The van der Waals surface area contributed by atoms with Crippen molar-refractivity contribution in [3.63, 3.8) is 0 Å². The van der Waals surface area contributed by atoms with Crippen molar-refractivity contribution in [3.05, 3.63) is 88.9 Å². The molecule has 1 N–H and O–H groups in total. The molecule has 3 aromatic carbocycles. The number of aryl methyl sites for hydroxylation is 1. The van der Waals surface area contributed by atoms with E-state index in [0.29, 0.717) is 22.0 Å². The van der Waals surface area contributed by atoms with E-state index in [2.05, 4.69) is 5.32 Å². The Balaban J connectivity index is 1.68. The largest absolute Gasteiger partial charge is 0.457 e. The first-order valence-corrected chi connectivity index (χ1v) is 7.90. The first-order chi connectivity index (χ1) is 11.6. The summed E-state index contributed by atoms with van der Waals surface area (Å²) in [6.07, 6.45) is 0. The van der Waals surface area contributed by atoms with E-state index in [1.807, 2.05) is 43.3 Å². The predicted octanol–water partition coefficient (Wildman–Crippen LogP) is 5.69. The van der Waals surface area contributed by atoms with Crippen molar-refractivity contribution in [3.8, 4) is 11.5 Å². The fourth-order valence-corrected chi connectivity index (χ4v) is 2.34. The van der Waals surface area contributed by atoms with Crippen LogP contribution in [-0.2, 0) is 0 Å².